The Hall–Kier alpha value is -1.89. The highest BCUT2D eigenvalue weighted by atomic mass is 35.5. The van der Waals surface area contributed by atoms with Gasteiger partial charge >= 0.3 is 0 Å². The maximum atomic E-state index is 6.32. The van der Waals surface area contributed by atoms with Crippen molar-refractivity contribution in [1.29, 1.82) is 0 Å². The molecule has 25 heavy (non-hydrogen) atoms. The van der Waals surface area contributed by atoms with Crippen molar-refractivity contribution in [2.24, 2.45) is 0 Å². The summed E-state index contributed by atoms with van der Waals surface area (Å²) in [7, 11) is 0. The van der Waals surface area contributed by atoms with Crippen molar-refractivity contribution in [3.05, 3.63) is 52.7 Å². The molecule has 2 aromatic heterocycles. The Morgan fingerprint density at radius 3 is 2.68 bits per heavy atom. The number of benzene rings is 1. The van der Waals surface area contributed by atoms with Crippen LogP contribution in [0.15, 0.2) is 46.2 Å². The third-order valence-corrected chi connectivity index (χ3v) is 5.93. The topological polar surface area (TPSA) is 46.6 Å². The van der Waals surface area contributed by atoms with Crippen LogP contribution in [0.4, 0.5) is 5.69 Å². The Morgan fingerprint density at radius 1 is 1.16 bits per heavy atom. The molecule has 1 aliphatic rings. The minimum atomic E-state index is 0.189. The summed E-state index contributed by atoms with van der Waals surface area (Å²) in [4.78, 5) is 4.83. The third kappa shape index (κ3) is 3.42. The molecule has 0 spiro atoms. The smallest absolute Gasteiger partial charge is 0.274 e. The van der Waals surface area contributed by atoms with Gasteiger partial charge < -0.3 is 14.2 Å². The quantitative estimate of drug-likeness (QED) is 0.761. The van der Waals surface area contributed by atoms with Crippen molar-refractivity contribution in [3.8, 4) is 10.8 Å². The first-order chi connectivity index (χ1) is 12.2. The lowest BCUT2D eigenvalue weighted by Crippen LogP contribution is -3.14. The average Bonchev–Trinajstić information content (AvgIpc) is 3.33. The van der Waals surface area contributed by atoms with Crippen LogP contribution >= 0.6 is 22.9 Å². The average molecular weight is 376 g/mol. The molecule has 4 rings (SSSR count). The number of para-hydroxylation sites is 1. The summed E-state index contributed by atoms with van der Waals surface area (Å²) in [5, 5.41) is 11.3. The number of thiophene rings is 1. The summed E-state index contributed by atoms with van der Waals surface area (Å²) in [5.74, 6) is 1.33. The van der Waals surface area contributed by atoms with Crippen LogP contribution in [-0.2, 0) is 0 Å². The molecule has 0 saturated carbocycles. The van der Waals surface area contributed by atoms with Gasteiger partial charge in [-0.25, -0.2) is 0 Å². The van der Waals surface area contributed by atoms with E-state index in [9.17, 15) is 0 Å². The SMILES string of the molecule is C[C@@H](c1nnc(-c2cccs2)o1)[NH+]1CCN(c2ccccc2Cl)CC1. The van der Waals surface area contributed by atoms with Gasteiger partial charge in [0.05, 0.1) is 41.8 Å². The fraction of sp³-hybridized carbons (Fsp3) is 0.333. The van der Waals surface area contributed by atoms with Crippen LogP contribution in [0.5, 0.6) is 0 Å². The van der Waals surface area contributed by atoms with Crippen molar-refractivity contribution in [2.75, 3.05) is 31.1 Å². The van der Waals surface area contributed by atoms with Gasteiger partial charge in [-0.05, 0) is 30.5 Å². The van der Waals surface area contributed by atoms with Crippen molar-refractivity contribution in [1.82, 2.24) is 10.2 Å². The second kappa shape index (κ2) is 7.15. The number of hydrogen-bond donors (Lipinski definition) is 1. The predicted octanol–water partition coefficient (Wildman–Crippen LogP) is 2.92. The molecule has 0 unspecified atom stereocenters. The predicted molar refractivity (Wildman–Crippen MR) is 100 cm³/mol. The zero-order chi connectivity index (χ0) is 17.2. The molecule has 3 aromatic rings. The summed E-state index contributed by atoms with van der Waals surface area (Å²) < 4.78 is 5.91. The maximum absolute atomic E-state index is 6.32. The number of anilines is 1. The monoisotopic (exact) mass is 375 g/mol. The summed E-state index contributed by atoms with van der Waals surface area (Å²) in [5.41, 5.74) is 1.12. The zero-order valence-corrected chi connectivity index (χ0v) is 15.6. The van der Waals surface area contributed by atoms with Crippen LogP contribution < -0.4 is 9.80 Å². The lowest BCUT2D eigenvalue weighted by atomic mass is 10.2. The molecule has 0 radical (unpaired) electrons. The summed E-state index contributed by atoms with van der Waals surface area (Å²) in [6, 6.07) is 12.2. The number of nitrogens with zero attached hydrogens (tertiary/aromatic N) is 3. The number of nitrogens with one attached hydrogen (secondary N) is 1. The van der Waals surface area contributed by atoms with Gasteiger partial charge in [-0.15, -0.1) is 21.5 Å². The van der Waals surface area contributed by atoms with Crippen molar-refractivity contribution in [2.45, 2.75) is 13.0 Å². The largest absolute Gasteiger partial charge is 0.414 e. The van der Waals surface area contributed by atoms with Crippen LogP contribution in [-0.4, -0.2) is 36.4 Å². The molecule has 1 fully saturated rings. The van der Waals surface area contributed by atoms with Crippen molar-refractivity contribution in [3.63, 3.8) is 0 Å². The number of halogens is 1. The molecule has 130 valence electrons. The van der Waals surface area contributed by atoms with Gasteiger partial charge in [0.1, 0.15) is 0 Å². The minimum Gasteiger partial charge on any atom is -0.414 e. The second-order valence-corrected chi connectivity index (χ2v) is 7.60. The molecule has 0 bridgehead atoms. The van der Waals surface area contributed by atoms with E-state index in [0.717, 1.165) is 41.8 Å². The van der Waals surface area contributed by atoms with Gasteiger partial charge in [-0.3, -0.25) is 0 Å². The van der Waals surface area contributed by atoms with E-state index in [1.165, 1.54) is 4.90 Å². The van der Waals surface area contributed by atoms with Crippen LogP contribution in [0.3, 0.4) is 0 Å². The maximum Gasteiger partial charge on any atom is 0.274 e. The second-order valence-electron chi connectivity index (χ2n) is 6.24. The van der Waals surface area contributed by atoms with Gasteiger partial charge in [-0.1, -0.05) is 29.8 Å². The normalized spacial score (nSPS) is 17.0. The van der Waals surface area contributed by atoms with Gasteiger partial charge in [0.25, 0.3) is 11.8 Å². The van der Waals surface area contributed by atoms with Crippen LogP contribution in [0.2, 0.25) is 5.02 Å². The van der Waals surface area contributed by atoms with E-state index in [-0.39, 0.29) is 6.04 Å². The van der Waals surface area contributed by atoms with Gasteiger partial charge in [0, 0.05) is 0 Å². The number of piperazine rings is 1. The highest BCUT2D eigenvalue weighted by Crippen LogP contribution is 2.26. The fourth-order valence-electron chi connectivity index (χ4n) is 3.26. The standard InChI is InChI=1S/C18H19ClN4OS/c1-13(17-20-21-18(24-17)16-7-4-12-25-16)22-8-10-23(11-9-22)15-6-3-2-5-14(15)19/h2-7,12-13H,8-11H2,1H3/p+1/t13-/m0/s1. The van der Waals surface area contributed by atoms with Crippen LogP contribution in [0.25, 0.3) is 10.8 Å². The van der Waals surface area contributed by atoms with Crippen molar-refractivity contribution >= 4 is 28.6 Å². The van der Waals surface area contributed by atoms with Gasteiger partial charge in [-0.2, -0.15) is 0 Å². The van der Waals surface area contributed by atoms with Crippen LogP contribution in [0, 0.1) is 0 Å². The molecule has 0 amide bonds. The van der Waals surface area contributed by atoms with E-state index in [4.69, 9.17) is 16.0 Å². The van der Waals surface area contributed by atoms with E-state index in [1.54, 1.807) is 11.3 Å². The Labute approximate surface area is 155 Å². The Balaban J connectivity index is 1.41. The Morgan fingerprint density at radius 2 is 1.96 bits per heavy atom. The molecular formula is C18H20ClN4OS+. The van der Waals surface area contributed by atoms with Crippen LogP contribution in [0.1, 0.15) is 18.9 Å². The molecule has 7 heteroatoms. The number of aromatic nitrogens is 2. The summed E-state index contributed by atoms with van der Waals surface area (Å²) in [6.45, 7) is 6.13. The Kier molecular flexibility index (Phi) is 4.74. The molecule has 0 aliphatic carbocycles. The minimum absolute atomic E-state index is 0.189. The first-order valence-corrected chi connectivity index (χ1v) is 9.69. The zero-order valence-electron chi connectivity index (χ0n) is 14.0. The van der Waals surface area contributed by atoms with E-state index >= 15 is 0 Å². The van der Waals surface area contributed by atoms with Crippen molar-refractivity contribution < 1.29 is 9.32 Å². The lowest BCUT2D eigenvalue weighted by Gasteiger charge is -2.35. The highest BCUT2D eigenvalue weighted by molar-refractivity contribution is 7.13. The van der Waals surface area contributed by atoms with E-state index in [2.05, 4.69) is 28.1 Å². The summed E-state index contributed by atoms with van der Waals surface area (Å²) in [6.07, 6.45) is 0. The Bertz CT molecular complexity index is 827. The molecule has 3 heterocycles. The molecule has 1 aliphatic heterocycles. The molecule has 5 nitrogen and oxygen atoms in total. The molecule has 1 aromatic carbocycles. The van der Waals surface area contributed by atoms with E-state index in [0.29, 0.717) is 11.8 Å². The molecule has 1 saturated heterocycles. The highest BCUT2D eigenvalue weighted by Gasteiger charge is 2.29. The molecule has 1 atom stereocenters. The summed E-state index contributed by atoms with van der Waals surface area (Å²) >= 11 is 7.94. The molecule has 1 N–H and O–H groups in total. The first kappa shape index (κ1) is 16.6. The van der Waals surface area contributed by atoms with E-state index in [1.807, 2.05) is 35.7 Å². The number of quaternary nitrogens is 1. The van der Waals surface area contributed by atoms with E-state index < -0.39 is 0 Å². The number of hydrogen-bond acceptors (Lipinski definition) is 5. The third-order valence-electron chi connectivity index (χ3n) is 4.75. The molecular weight excluding hydrogens is 356 g/mol. The fourth-order valence-corrected chi connectivity index (χ4v) is 4.16. The lowest BCUT2D eigenvalue weighted by molar-refractivity contribution is -0.931. The first-order valence-electron chi connectivity index (χ1n) is 8.43. The number of rotatable bonds is 4. The van der Waals surface area contributed by atoms with Gasteiger partial charge in [0.15, 0.2) is 6.04 Å². The van der Waals surface area contributed by atoms with Gasteiger partial charge in [0.2, 0.25) is 0 Å².